The minimum Gasteiger partial charge on any atom is -0.478 e. The molecule has 1 unspecified atom stereocenters. The Morgan fingerprint density at radius 3 is 2.60 bits per heavy atom. The number of aromatic carboxylic acids is 1. The maximum Gasteiger partial charge on any atom is 0.337 e. The molecule has 1 aromatic carbocycles. The Morgan fingerprint density at radius 1 is 1.50 bits per heavy atom. The second-order valence-corrected chi connectivity index (χ2v) is 6.73. The van der Waals surface area contributed by atoms with Crippen molar-refractivity contribution in [1.29, 1.82) is 0 Å². The van der Waals surface area contributed by atoms with Crippen molar-refractivity contribution < 1.29 is 18.3 Å². The summed E-state index contributed by atoms with van der Waals surface area (Å²) in [6.07, 6.45) is 2.80. The van der Waals surface area contributed by atoms with Gasteiger partial charge in [0.1, 0.15) is 0 Å². The normalized spacial score (nSPS) is 12.9. The lowest BCUT2D eigenvalue weighted by atomic mass is 10.1. The van der Waals surface area contributed by atoms with Crippen LogP contribution in [-0.4, -0.2) is 37.5 Å². The summed E-state index contributed by atoms with van der Waals surface area (Å²) in [6.45, 7) is 1.99. The number of nitrogens with one attached hydrogen (secondary N) is 1. The first kappa shape index (κ1) is 16.8. The van der Waals surface area contributed by atoms with Gasteiger partial charge in [-0.15, -0.1) is 0 Å². The second kappa shape index (κ2) is 6.96. The van der Waals surface area contributed by atoms with E-state index in [-0.39, 0.29) is 16.5 Å². The summed E-state index contributed by atoms with van der Waals surface area (Å²) >= 11 is 1.65. The van der Waals surface area contributed by atoms with Crippen LogP contribution < -0.4 is 10.5 Å². The molecule has 20 heavy (non-hydrogen) atoms. The summed E-state index contributed by atoms with van der Waals surface area (Å²) in [5, 5.41) is 17.3. The van der Waals surface area contributed by atoms with Crippen molar-refractivity contribution in [1.82, 2.24) is 0 Å². The number of sulfonamides is 1. The number of carboxylic acid groups (broad SMARTS) is 1. The predicted octanol–water partition coefficient (Wildman–Crippen LogP) is 1.59. The van der Waals surface area contributed by atoms with Gasteiger partial charge in [-0.25, -0.2) is 18.4 Å². The van der Waals surface area contributed by atoms with E-state index in [1.54, 1.807) is 11.8 Å². The van der Waals surface area contributed by atoms with E-state index in [0.717, 1.165) is 18.2 Å². The zero-order chi connectivity index (χ0) is 15.3. The van der Waals surface area contributed by atoms with E-state index in [0.29, 0.717) is 5.69 Å². The van der Waals surface area contributed by atoms with Crippen molar-refractivity contribution in [2.75, 3.05) is 17.3 Å². The minimum absolute atomic E-state index is 0.101. The standard InChI is InChI=1S/C12H18N2O4S2/c1-3-8(7-19-2)14-11-5-4-9(20(13,17)18)6-10(11)12(15)16/h4-6,8,14H,3,7H2,1-2H3,(H,15,16)(H2,13,17,18). The highest BCUT2D eigenvalue weighted by atomic mass is 32.2. The van der Waals surface area contributed by atoms with E-state index in [1.807, 2.05) is 13.2 Å². The fourth-order valence-electron chi connectivity index (χ4n) is 1.69. The van der Waals surface area contributed by atoms with E-state index >= 15 is 0 Å². The fraction of sp³-hybridized carbons (Fsp3) is 0.417. The van der Waals surface area contributed by atoms with Crippen LogP contribution in [0.4, 0.5) is 5.69 Å². The molecular formula is C12H18N2O4S2. The van der Waals surface area contributed by atoms with Gasteiger partial charge in [0.15, 0.2) is 0 Å². The molecule has 0 aromatic heterocycles. The Labute approximate surface area is 122 Å². The van der Waals surface area contributed by atoms with Crippen LogP contribution in [0.25, 0.3) is 0 Å². The van der Waals surface area contributed by atoms with E-state index in [9.17, 15) is 18.3 Å². The Morgan fingerprint density at radius 2 is 2.15 bits per heavy atom. The highest BCUT2D eigenvalue weighted by Crippen LogP contribution is 2.22. The van der Waals surface area contributed by atoms with Crippen molar-refractivity contribution in [2.45, 2.75) is 24.3 Å². The number of benzene rings is 1. The topological polar surface area (TPSA) is 109 Å². The molecule has 0 radical (unpaired) electrons. The maximum absolute atomic E-state index is 11.3. The highest BCUT2D eigenvalue weighted by molar-refractivity contribution is 7.98. The molecule has 0 heterocycles. The number of hydrogen-bond donors (Lipinski definition) is 3. The molecule has 1 rings (SSSR count). The van der Waals surface area contributed by atoms with Gasteiger partial charge in [0.2, 0.25) is 10.0 Å². The summed E-state index contributed by atoms with van der Waals surface area (Å²) in [5.41, 5.74) is 0.293. The first-order chi connectivity index (χ1) is 9.29. The number of rotatable bonds is 7. The Bertz CT molecular complexity index is 587. The van der Waals surface area contributed by atoms with Gasteiger partial charge in [-0.05, 0) is 30.9 Å². The number of anilines is 1. The largest absolute Gasteiger partial charge is 0.478 e. The quantitative estimate of drug-likeness (QED) is 0.704. The third kappa shape index (κ3) is 4.39. The molecular weight excluding hydrogens is 300 g/mol. The highest BCUT2D eigenvalue weighted by Gasteiger charge is 2.17. The monoisotopic (exact) mass is 318 g/mol. The van der Waals surface area contributed by atoms with Gasteiger partial charge in [0.25, 0.3) is 0 Å². The van der Waals surface area contributed by atoms with Gasteiger partial charge < -0.3 is 10.4 Å². The van der Waals surface area contributed by atoms with Gasteiger partial charge >= 0.3 is 5.97 Å². The van der Waals surface area contributed by atoms with Crippen LogP contribution in [-0.2, 0) is 10.0 Å². The van der Waals surface area contributed by atoms with Crippen molar-refractivity contribution in [3.63, 3.8) is 0 Å². The van der Waals surface area contributed by atoms with Gasteiger partial charge in [-0.2, -0.15) is 11.8 Å². The van der Waals surface area contributed by atoms with Crippen LogP contribution in [0.3, 0.4) is 0 Å². The first-order valence-corrected chi connectivity index (χ1v) is 8.89. The van der Waals surface area contributed by atoms with Crippen molar-refractivity contribution in [2.24, 2.45) is 5.14 Å². The number of carboxylic acids is 1. The minimum atomic E-state index is -3.92. The van der Waals surface area contributed by atoms with Crippen LogP contribution in [0.2, 0.25) is 0 Å². The maximum atomic E-state index is 11.3. The molecule has 0 bridgehead atoms. The molecule has 0 fully saturated rings. The lowest BCUT2D eigenvalue weighted by molar-refractivity contribution is 0.0697. The number of primary sulfonamides is 1. The predicted molar refractivity (Wildman–Crippen MR) is 80.9 cm³/mol. The molecule has 6 nitrogen and oxygen atoms in total. The SMILES string of the molecule is CCC(CSC)Nc1ccc(S(N)(=O)=O)cc1C(=O)O. The van der Waals surface area contributed by atoms with Gasteiger partial charge in [0, 0.05) is 17.5 Å². The second-order valence-electron chi connectivity index (χ2n) is 4.26. The number of hydrogen-bond acceptors (Lipinski definition) is 5. The fourth-order valence-corrected chi connectivity index (χ4v) is 2.95. The first-order valence-electron chi connectivity index (χ1n) is 5.95. The molecule has 112 valence electrons. The average Bonchev–Trinajstić information content (AvgIpc) is 2.36. The van der Waals surface area contributed by atoms with Crippen molar-refractivity contribution >= 4 is 33.4 Å². The lowest BCUT2D eigenvalue weighted by Gasteiger charge is -2.19. The molecule has 1 atom stereocenters. The molecule has 8 heteroatoms. The molecule has 0 aliphatic rings. The van der Waals surface area contributed by atoms with Gasteiger partial charge in [-0.3, -0.25) is 0 Å². The average molecular weight is 318 g/mol. The Hall–Kier alpha value is -1.25. The smallest absolute Gasteiger partial charge is 0.337 e. The van der Waals surface area contributed by atoms with E-state index < -0.39 is 16.0 Å². The van der Waals surface area contributed by atoms with E-state index in [2.05, 4.69) is 5.32 Å². The molecule has 0 saturated carbocycles. The third-order valence-corrected chi connectivity index (χ3v) is 4.42. The number of carbonyl (C=O) groups is 1. The zero-order valence-corrected chi connectivity index (χ0v) is 12.9. The summed E-state index contributed by atoms with van der Waals surface area (Å²) < 4.78 is 22.5. The zero-order valence-electron chi connectivity index (χ0n) is 11.3. The Kier molecular flexibility index (Phi) is 5.85. The van der Waals surface area contributed by atoms with Crippen LogP contribution in [0, 0.1) is 0 Å². The third-order valence-electron chi connectivity index (χ3n) is 2.77. The molecule has 0 aliphatic heterocycles. The summed E-state index contributed by atoms with van der Waals surface area (Å²) in [6, 6.07) is 3.93. The number of thioether (sulfide) groups is 1. The summed E-state index contributed by atoms with van der Waals surface area (Å²) in [4.78, 5) is 11.0. The van der Waals surface area contributed by atoms with Gasteiger partial charge in [-0.1, -0.05) is 6.92 Å². The van der Waals surface area contributed by atoms with Crippen molar-refractivity contribution in [3.8, 4) is 0 Å². The molecule has 1 aromatic rings. The van der Waals surface area contributed by atoms with Gasteiger partial charge in [0.05, 0.1) is 10.5 Å². The van der Waals surface area contributed by atoms with Crippen LogP contribution >= 0.6 is 11.8 Å². The van der Waals surface area contributed by atoms with E-state index in [1.165, 1.54) is 12.1 Å². The molecule has 4 N–H and O–H groups in total. The molecule has 0 spiro atoms. The number of nitrogens with two attached hydrogens (primary N) is 1. The van der Waals surface area contributed by atoms with Crippen LogP contribution in [0.15, 0.2) is 23.1 Å². The van der Waals surface area contributed by atoms with Crippen LogP contribution in [0.1, 0.15) is 23.7 Å². The molecule has 0 saturated heterocycles. The summed E-state index contributed by atoms with van der Waals surface area (Å²) in [7, 11) is -3.92. The summed E-state index contributed by atoms with van der Waals surface area (Å²) in [5.74, 6) is -0.371. The molecule has 0 aliphatic carbocycles. The molecule has 0 amide bonds. The van der Waals surface area contributed by atoms with E-state index in [4.69, 9.17) is 5.14 Å². The van der Waals surface area contributed by atoms with Crippen molar-refractivity contribution in [3.05, 3.63) is 23.8 Å². The van der Waals surface area contributed by atoms with Crippen LogP contribution in [0.5, 0.6) is 0 Å². The Balaban J connectivity index is 3.17. The lowest BCUT2D eigenvalue weighted by Crippen LogP contribution is -2.23.